The van der Waals surface area contributed by atoms with Crippen LogP contribution in [0.15, 0.2) is 0 Å². The zero-order valence-corrected chi connectivity index (χ0v) is 11.4. The SMILES string of the molecule is O=C(O)CN(C(=O)NC1CCCNC1=O)C1CCCC1. The Kier molecular flexibility index (Phi) is 4.81. The molecule has 1 aliphatic heterocycles. The number of carboxylic acids is 1. The van der Waals surface area contributed by atoms with Crippen LogP contribution in [0.5, 0.6) is 0 Å². The molecule has 1 heterocycles. The molecular weight excluding hydrogens is 262 g/mol. The summed E-state index contributed by atoms with van der Waals surface area (Å²) in [6.45, 7) is 0.317. The van der Waals surface area contributed by atoms with Gasteiger partial charge < -0.3 is 20.6 Å². The number of carboxylic acid groups (broad SMARTS) is 1. The standard InChI is InChI=1S/C13H21N3O4/c17-11(18)8-16(9-4-1-2-5-9)13(20)15-10-6-3-7-14-12(10)19/h9-10H,1-8H2,(H,14,19)(H,15,20)(H,17,18). The number of carbonyl (C=O) groups is 3. The van der Waals surface area contributed by atoms with Crippen molar-refractivity contribution < 1.29 is 19.5 Å². The van der Waals surface area contributed by atoms with E-state index in [2.05, 4.69) is 10.6 Å². The molecule has 2 aliphatic rings. The van der Waals surface area contributed by atoms with E-state index >= 15 is 0 Å². The first-order valence-electron chi connectivity index (χ1n) is 7.14. The minimum absolute atomic E-state index is 0.0299. The zero-order valence-electron chi connectivity index (χ0n) is 11.4. The topological polar surface area (TPSA) is 98.7 Å². The summed E-state index contributed by atoms with van der Waals surface area (Å²) in [7, 11) is 0. The predicted octanol–water partition coefficient (Wildman–Crippen LogP) is 0.304. The Balaban J connectivity index is 1.97. The maximum atomic E-state index is 12.3. The second-order valence-corrected chi connectivity index (χ2v) is 5.40. The first-order valence-corrected chi connectivity index (χ1v) is 7.14. The molecular formula is C13H21N3O4. The van der Waals surface area contributed by atoms with Gasteiger partial charge in [-0.3, -0.25) is 9.59 Å². The quantitative estimate of drug-likeness (QED) is 0.691. The van der Waals surface area contributed by atoms with Gasteiger partial charge in [-0.15, -0.1) is 0 Å². The third kappa shape index (κ3) is 3.61. The van der Waals surface area contributed by atoms with Crippen molar-refractivity contribution in [3.63, 3.8) is 0 Å². The zero-order chi connectivity index (χ0) is 14.5. The molecule has 1 aliphatic carbocycles. The average molecular weight is 283 g/mol. The Labute approximate surface area is 117 Å². The van der Waals surface area contributed by atoms with Crippen LogP contribution in [0.25, 0.3) is 0 Å². The molecule has 3 amide bonds. The lowest BCUT2D eigenvalue weighted by Crippen LogP contribution is -2.56. The molecule has 2 rings (SSSR count). The van der Waals surface area contributed by atoms with Gasteiger partial charge in [0, 0.05) is 12.6 Å². The molecule has 2 fully saturated rings. The molecule has 20 heavy (non-hydrogen) atoms. The van der Waals surface area contributed by atoms with E-state index in [1.807, 2.05) is 0 Å². The fourth-order valence-corrected chi connectivity index (χ4v) is 2.87. The summed E-state index contributed by atoms with van der Waals surface area (Å²) in [6.07, 6.45) is 5.10. The van der Waals surface area contributed by atoms with Gasteiger partial charge in [-0.25, -0.2) is 4.79 Å². The van der Waals surface area contributed by atoms with Gasteiger partial charge in [0.15, 0.2) is 0 Å². The van der Waals surface area contributed by atoms with Crippen LogP contribution in [0, 0.1) is 0 Å². The summed E-state index contributed by atoms with van der Waals surface area (Å²) in [5.74, 6) is -1.22. The molecule has 0 spiro atoms. The molecule has 3 N–H and O–H groups in total. The number of amides is 3. The number of carbonyl (C=O) groups excluding carboxylic acids is 2. The highest BCUT2D eigenvalue weighted by molar-refractivity contribution is 5.88. The summed E-state index contributed by atoms with van der Waals surface area (Å²) in [4.78, 5) is 36.2. The van der Waals surface area contributed by atoms with Crippen molar-refractivity contribution >= 4 is 17.9 Å². The first-order chi connectivity index (χ1) is 9.58. The number of hydrogen-bond acceptors (Lipinski definition) is 3. The van der Waals surface area contributed by atoms with Crippen LogP contribution in [-0.2, 0) is 9.59 Å². The van der Waals surface area contributed by atoms with Crippen molar-refractivity contribution in [2.24, 2.45) is 0 Å². The van der Waals surface area contributed by atoms with E-state index in [1.54, 1.807) is 0 Å². The summed E-state index contributed by atoms with van der Waals surface area (Å²) >= 11 is 0. The Morgan fingerprint density at radius 3 is 2.55 bits per heavy atom. The molecule has 0 aromatic heterocycles. The highest BCUT2D eigenvalue weighted by atomic mass is 16.4. The van der Waals surface area contributed by atoms with Gasteiger partial charge in [0.1, 0.15) is 12.6 Å². The Morgan fingerprint density at radius 2 is 1.95 bits per heavy atom. The normalized spacial score (nSPS) is 23.2. The number of nitrogens with one attached hydrogen (secondary N) is 2. The highest BCUT2D eigenvalue weighted by Crippen LogP contribution is 2.23. The Morgan fingerprint density at radius 1 is 1.25 bits per heavy atom. The highest BCUT2D eigenvalue weighted by Gasteiger charge is 2.31. The lowest BCUT2D eigenvalue weighted by atomic mass is 10.1. The fourth-order valence-electron chi connectivity index (χ4n) is 2.87. The molecule has 0 bridgehead atoms. The fraction of sp³-hybridized carbons (Fsp3) is 0.769. The van der Waals surface area contributed by atoms with Gasteiger partial charge >= 0.3 is 12.0 Å². The van der Waals surface area contributed by atoms with E-state index in [4.69, 9.17) is 5.11 Å². The van der Waals surface area contributed by atoms with Crippen molar-refractivity contribution in [2.75, 3.05) is 13.1 Å². The Bertz CT molecular complexity index is 393. The third-order valence-corrected chi connectivity index (χ3v) is 3.91. The molecule has 1 saturated heterocycles. The number of nitrogens with zero attached hydrogens (tertiary/aromatic N) is 1. The molecule has 0 aromatic carbocycles. The molecule has 1 saturated carbocycles. The molecule has 0 aromatic rings. The molecule has 0 radical (unpaired) electrons. The number of hydrogen-bond donors (Lipinski definition) is 3. The maximum Gasteiger partial charge on any atom is 0.323 e. The van der Waals surface area contributed by atoms with Gasteiger partial charge in [0.2, 0.25) is 5.91 Å². The number of aliphatic carboxylic acids is 1. The molecule has 7 heteroatoms. The van der Waals surface area contributed by atoms with Crippen LogP contribution in [0.1, 0.15) is 38.5 Å². The molecule has 112 valence electrons. The smallest absolute Gasteiger partial charge is 0.323 e. The largest absolute Gasteiger partial charge is 0.480 e. The summed E-state index contributed by atoms with van der Waals surface area (Å²) in [6, 6.07) is -1.02. The molecule has 1 atom stereocenters. The van der Waals surface area contributed by atoms with E-state index in [9.17, 15) is 14.4 Å². The van der Waals surface area contributed by atoms with Crippen LogP contribution in [0.4, 0.5) is 4.79 Å². The van der Waals surface area contributed by atoms with Gasteiger partial charge in [-0.05, 0) is 25.7 Å². The van der Waals surface area contributed by atoms with Crippen molar-refractivity contribution in [3.05, 3.63) is 0 Å². The van der Waals surface area contributed by atoms with Gasteiger partial charge in [0.05, 0.1) is 0 Å². The van der Waals surface area contributed by atoms with E-state index in [-0.39, 0.29) is 18.5 Å². The number of urea groups is 1. The second kappa shape index (κ2) is 6.58. The minimum atomic E-state index is -1.03. The lowest BCUT2D eigenvalue weighted by molar-refractivity contribution is -0.138. The van der Waals surface area contributed by atoms with E-state index in [1.165, 1.54) is 4.90 Å². The van der Waals surface area contributed by atoms with Crippen LogP contribution in [0.3, 0.4) is 0 Å². The first kappa shape index (κ1) is 14.6. The van der Waals surface area contributed by atoms with Crippen LogP contribution in [-0.4, -0.2) is 53.1 Å². The van der Waals surface area contributed by atoms with Crippen molar-refractivity contribution in [1.29, 1.82) is 0 Å². The van der Waals surface area contributed by atoms with E-state index < -0.39 is 18.0 Å². The van der Waals surface area contributed by atoms with Gasteiger partial charge in [-0.1, -0.05) is 12.8 Å². The number of piperidine rings is 1. The monoisotopic (exact) mass is 283 g/mol. The Hall–Kier alpha value is -1.79. The lowest BCUT2D eigenvalue weighted by Gasteiger charge is -2.30. The molecule has 7 nitrogen and oxygen atoms in total. The van der Waals surface area contributed by atoms with Gasteiger partial charge in [0.25, 0.3) is 0 Å². The maximum absolute atomic E-state index is 12.3. The van der Waals surface area contributed by atoms with Crippen molar-refractivity contribution in [1.82, 2.24) is 15.5 Å². The van der Waals surface area contributed by atoms with Crippen LogP contribution in [0.2, 0.25) is 0 Å². The third-order valence-electron chi connectivity index (χ3n) is 3.91. The summed E-state index contributed by atoms with van der Waals surface area (Å²) in [5.41, 5.74) is 0. The number of rotatable bonds is 4. The minimum Gasteiger partial charge on any atom is -0.480 e. The summed E-state index contributed by atoms with van der Waals surface area (Å²) < 4.78 is 0. The van der Waals surface area contributed by atoms with Gasteiger partial charge in [-0.2, -0.15) is 0 Å². The molecule has 1 unspecified atom stereocenters. The van der Waals surface area contributed by atoms with Crippen LogP contribution >= 0.6 is 0 Å². The summed E-state index contributed by atoms with van der Waals surface area (Å²) in [5, 5.41) is 14.3. The second-order valence-electron chi connectivity index (χ2n) is 5.40. The average Bonchev–Trinajstić information content (AvgIpc) is 2.92. The van der Waals surface area contributed by atoms with Crippen molar-refractivity contribution in [3.8, 4) is 0 Å². The van der Waals surface area contributed by atoms with E-state index in [0.29, 0.717) is 13.0 Å². The van der Waals surface area contributed by atoms with E-state index in [0.717, 1.165) is 32.1 Å². The van der Waals surface area contributed by atoms with Crippen LogP contribution < -0.4 is 10.6 Å². The van der Waals surface area contributed by atoms with Crippen molar-refractivity contribution in [2.45, 2.75) is 50.6 Å². The predicted molar refractivity (Wildman–Crippen MR) is 71.2 cm³/mol.